The van der Waals surface area contributed by atoms with Gasteiger partial charge in [0.1, 0.15) is 16.9 Å². The minimum atomic E-state index is -1.17. The van der Waals surface area contributed by atoms with Crippen LogP contribution in [0.5, 0.6) is 11.5 Å². The highest BCUT2D eigenvalue weighted by Gasteiger charge is 2.53. The van der Waals surface area contributed by atoms with Crippen LogP contribution in [0.1, 0.15) is 36.2 Å². The molecule has 2 rings (SSSR count). The van der Waals surface area contributed by atoms with E-state index in [1.807, 2.05) is 13.8 Å². The molecule has 0 unspecified atom stereocenters. The number of carbonyl (C=O) groups is 2. The van der Waals surface area contributed by atoms with Crippen molar-refractivity contribution in [1.82, 2.24) is 0 Å². The molecule has 0 aliphatic heterocycles. The second-order valence-corrected chi connectivity index (χ2v) is 5.77. The summed E-state index contributed by atoms with van der Waals surface area (Å²) in [5, 5.41) is 0. The molecule has 22 heavy (non-hydrogen) atoms. The zero-order valence-electron chi connectivity index (χ0n) is 13.7. The summed E-state index contributed by atoms with van der Waals surface area (Å²) in [7, 11) is 4.40. The Hall–Kier alpha value is -2.04. The summed E-state index contributed by atoms with van der Waals surface area (Å²) in [5.41, 5.74) is 0.0701. The molecule has 0 heterocycles. The van der Waals surface area contributed by atoms with Crippen LogP contribution in [-0.2, 0) is 16.0 Å². The zero-order chi connectivity index (χ0) is 16.5. The number of carbonyl (C=O) groups excluding carboxylic acids is 2. The maximum atomic E-state index is 13.2. The molecule has 0 amide bonds. The first kappa shape index (κ1) is 16.3. The number of benzene rings is 1. The first-order chi connectivity index (χ1) is 10.4. The van der Waals surface area contributed by atoms with Gasteiger partial charge in [0.25, 0.3) is 0 Å². The Morgan fingerprint density at radius 1 is 1.14 bits per heavy atom. The van der Waals surface area contributed by atoms with Crippen LogP contribution in [-0.4, -0.2) is 33.1 Å². The molecule has 0 bridgehead atoms. The summed E-state index contributed by atoms with van der Waals surface area (Å²) in [6.45, 7) is 3.74. The van der Waals surface area contributed by atoms with Gasteiger partial charge in [0.15, 0.2) is 5.78 Å². The van der Waals surface area contributed by atoms with E-state index in [0.29, 0.717) is 29.9 Å². The molecule has 0 saturated heterocycles. The van der Waals surface area contributed by atoms with Crippen LogP contribution in [0.15, 0.2) is 12.1 Å². The van der Waals surface area contributed by atoms with E-state index >= 15 is 0 Å². The molecule has 120 valence electrons. The summed E-state index contributed by atoms with van der Waals surface area (Å²) in [5.74, 6) is 0.215. The topological polar surface area (TPSA) is 61.8 Å². The van der Waals surface area contributed by atoms with Crippen molar-refractivity contribution in [2.24, 2.45) is 11.3 Å². The maximum absolute atomic E-state index is 13.2. The Kier molecular flexibility index (Phi) is 4.44. The van der Waals surface area contributed by atoms with Crippen molar-refractivity contribution in [2.45, 2.75) is 26.7 Å². The highest BCUT2D eigenvalue weighted by atomic mass is 16.5. The minimum Gasteiger partial charge on any atom is -0.496 e. The number of rotatable bonds is 4. The molecule has 0 saturated carbocycles. The smallest absolute Gasteiger partial charge is 0.320 e. The van der Waals surface area contributed by atoms with Crippen LogP contribution in [0.3, 0.4) is 0 Å². The Bertz CT molecular complexity index is 605. The van der Waals surface area contributed by atoms with Crippen molar-refractivity contribution >= 4 is 11.8 Å². The SMILES string of the molecule is COC(=O)[C@]1(C(C)C)CCc2c(OC)ccc(OC)c2C1=O. The van der Waals surface area contributed by atoms with E-state index in [4.69, 9.17) is 14.2 Å². The van der Waals surface area contributed by atoms with Crippen LogP contribution in [0, 0.1) is 11.3 Å². The van der Waals surface area contributed by atoms with Gasteiger partial charge in [0.2, 0.25) is 0 Å². The van der Waals surface area contributed by atoms with Crippen LogP contribution in [0.2, 0.25) is 0 Å². The molecule has 0 spiro atoms. The Labute approximate surface area is 130 Å². The van der Waals surface area contributed by atoms with Crippen LogP contribution in [0.25, 0.3) is 0 Å². The average molecular weight is 306 g/mol. The predicted molar refractivity (Wildman–Crippen MR) is 81.5 cm³/mol. The number of hydrogen-bond acceptors (Lipinski definition) is 5. The van der Waals surface area contributed by atoms with E-state index in [1.165, 1.54) is 14.2 Å². The normalized spacial score (nSPS) is 20.5. The highest BCUT2D eigenvalue weighted by molar-refractivity contribution is 6.16. The Morgan fingerprint density at radius 2 is 1.73 bits per heavy atom. The van der Waals surface area contributed by atoms with E-state index in [2.05, 4.69) is 0 Å². The quantitative estimate of drug-likeness (QED) is 0.632. The molecule has 1 atom stereocenters. The molecule has 5 nitrogen and oxygen atoms in total. The lowest BCUT2D eigenvalue weighted by molar-refractivity contribution is -0.152. The van der Waals surface area contributed by atoms with Crippen LogP contribution >= 0.6 is 0 Å². The second-order valence-electron chi connectivity index (χ2n) is 5.77. The third-order valence-electron chi connectivity index (χ3n) is 4.61. The molecule has 0 radical (unpaired) electrons. The highest BCUT2D eigenvalue weighted by Crippen LogP contribution is 2.47. The standard InChI is InChI=1S/C17H22O5/c1-10(2)17(16(19)22-5)9-8-11-12(20-3)6-7-13(21-4)14(11)15(17)18/h6-7,10H,8-9H2,1-5H3/t17-/m0/s1. The van der Waals surface area contributed by atoms with Crippen LogP contribution in [0.4, 0.5) is 0 Å². The summed E-state index contributed by atoms with van der Waals surface area (Å²) in [4.78, 5) is 25.6. The van der Waals surface area contributed by atoms with Gasteiger partial charge in [-0.1, -0.05) is 13.8 Å². The number of esters is 1. The molecule has 1 aromatic rings. The lowest BCUT2D eigenvalue weighted by Crippen LogP contribution is -2.47. The maximum Gasteiger partial charge on any atom is 0.320 e. The van der Waals surface area contributed by atoms with E-state index in [0.717, 1.165) is 5.56 Å². The molecule has 5 heteroatoms. The van der Waals surface area contributed by atoms with Gasteiger partial charge in [0, 0.05) is 5.56 Å². The van der Waals surface area contributed by atoms with E-state index in [9.17, 15) is 9.59 Å². The molecule has 0 fully saturated rings. The van der Waals surface area contributed by atoms with Crippen molar-refractivity contribution in [3.63, 3.8) is 0 Å². The van der Waals surface area contributed by atoms with E-state index in [1.54, 1.807) is 19.2 Å². The monoisotopic (exact) mass is 306 g/mol. The molecule has 1 aromatic carbocycles. The predicted octanol–water partition coefficient (Wildman–Crippen LogP) is 2.65. The number of methoxy groups -OCH3 is 3. The zero-order valence-corrected chi connectivity index (χ0v) is 13.7. The van der Waals surface area contributed by atoms with Gasteiger partial charge in [-0.05, 0) is 30.9 Å². The number of ether oxygens (including phenoxy) is 3. The van der Waals surface area contributed by atoms with Crippen molar-refractivity contribution in [2.75, 3.05) is 21.3 Å². The van der Waals surface area contributed by atoms with Gasteiger partial charge in [-0.3, -0.25) is 9.59 Å². The van der Waals surface area contributed by atoms with Crippen molar-refractivity contribution < 1.29 is 23.8 Å². The molecular weight excluding hydrogens is 284 g/mol. The van der Waals surface area contributed by atoms with Gasteiger partial charge in [-0.2, -0.15) is 0 Å². The molecule has 1 aliphatic carbocycles. The fourth-order valence-electron chi connectivity index (χ4n) is 3.29. The van der Waals surface area contributed by atoms with Gasteiger partial charge in [-0.25, -0.2) is 0 Å². The molecule has 0 aromatic heterocycles. The van der Waals surface area contributed by atoms with Gasteiger partial charge < -0.3 is 14.2 Å². The number of hydrogen-bond donors (Lipinski definition) is 0. The lowest BCUT2D eigenvalue weighted by atomic mass is 9.64. The molecule has 1 aliphatic rings. The second kappa shape index (κ2) is 5.99. The fourth-order valence-corrected chi connectivity index (χ4v) is 3.29. The number of ketones is 1. The minimum absolute atomic E-state index is 0.170. The first-order valence-corrected chi connectivity index (χ1v) is 7.31. The summed E-state index contributed by atoms with van der Waals surface area (Å²) >= 11 is 0. The van der Waals surface area contributed by atoms with Crippen molar-refractivity contribution in [3.8, 4) is 11.5 Å². The molecular formula is C17H22O5. The number of fused-ring (bicyclic) bond motifs is 1. The summed E-state index contributed by atoms with van der Waals surface area (Å²) in [6.07, 6.45) is 0.974. The Morgan fingerprint density at radius 3 is 2.23 bits per heavy atom. The summed E-state index contributed by atoms with van der Waals surface area (Å²) in [6, 6.07) is 3.48. The van der Waals surface area contributed by atoms with Crippen LogP contribution < -0.4 is 9.47 Å². The molecule has 0 N–H and O–H groups in total. The van der Waals surface area contributed by atoms with Gasteiger partial charge in [0.05, 0.1) is 26.9 Å². The third-order valence-corrected chi connectivity index (χ3v) is 4.61. The van der Waals surface area contributed by atoms with Crippen molar-refractivity contribution in [1.29, 1.82) is 0 Å². The summed E-state index contributed by atoms with van der Waals surface area (Å²) < 4.78 is 15.6. The average Bonchev–Trinajstić information content (AvgIpc) is 2.53. The third kappa shape index (κ3) is 2.16. The van der Waals surface area contributed by atoms with Gasteiger partial charge >= 0.3 is 5.97 Å². The van der Waals surface area contributed by atoms with E-state index in [-0.39, 0.29) is 11.7 Å². The largest absolute Gasteiger partial charge is 0.496 e. The van der Waals surface area contributed by atoms with E-state index < -0.39 is 11.4 Å². The Balaban J connectivity index is 2.69. The van der Waals surface area contributed by atoms with Crippen molar-refractivity contribution in [3.05, 3.63) is 23.3 Å². The van der Waals surface area contributed by atoms with Gasteiger partial charge in [-0.15, -0.1) is 0 Å². The lowest BCUT2D eigenvalue weighted by Gasteiger charge is -2.38. The fraction of sp³-hybridized carbons (Fsp3) is 0.529. The first-order valence-electron chi connectivity index (χ1n) is 7.31. The number of Topliss-reactive ketones (excluding diaryl/α,β-unsaturated/α-hetero) is 1.